The van der Waals surface area contributed by atoms with Gasteiger partial charge in [0.1, 0.15) is 0 Å². The van der Waals surface area contributed by atoms with Crippen LogP contribution in [0.3, 0.4) is 0 Å². The normalized spacial score (nSPS) is 16.0. The Morgan fingerprint density at radius 2 is 1.66 bits per heavy atom. The highest BCUT2D eigenvalue weighted by Gasteiger charge is 2.34. The van der Waals surface area contributed by atoms with Crippen LogP contribution in [-0.4, -0.2) is 74.3 Å². The SMILES string of the molecule is CN(C)c1ccc(CC(c2ccc(N)cc2)c2nsc(N3CCN(S(=O)(=O)CCC(F)(F)F)CC3)n2)cc1. The highest BCUT2D eigenvalue weighted by atomic mass is 32.2. The number of anilines is 3. The van der Waals surface area contributed by atoms with E-state index in [1.54, 1.807) is 0 Å². The predicted molar refractivity (Wildman–Crippen MR) is 145 cm³/mol. The molecule has 0 spiro atoms. The van der Waals surface area contributed by atoms with E-state index >= 15 is 0 Å². The topological polar surface area (TPSA) is 95.7 Å². The second-order valence-corrected chi connectivity index (χ2v) is 12.3. The van der Waals surface area contributed by atoms with Crippen molar-refractivity contribution < 1.29 is 21.6 Å². The van der Waals surface area contributed by atoms with E-state index in [0.717, 1.165) is 21.1 Å². The summed E-state index contributed by atoms with van der Waals surface area (Å²) >= 11 is 1.24. The van der Waals surface area contributed by atoms with Crippen molar-refractivity contribution in [3.8, 4) is 0 Å². The Hall–Kier alpha value is -2.90. The number of alkyl halides is 3. The molecule has 2 heterocycles. The van der Waals surface area contributed by atoms with Crippen LogP contribution in [-0.2, 0) is 16.4 Å². The van der Waals surface area contributed by atoms with Crippen molar-refractivity contribution in [3.05, 3.63) is 65.5 Å². The van der Waals surface area contributed by atoms with Crippen molar-refractivity contribution in [2.45, 2.75) is 24.9 Å². The minimum Gasteiger partial charge on any atom is -0.399 e. The number of hydrogen-bond acceptors (Lipinski definition) is 8. The number of aromatic nitrogens is 2. The average molecular weight is 569 g/mol. The third-order valence-corrected chi connectivity index (χ3v) is 9.18. The highest BCUT2D eigenvalue weighted by molar-refractivity contribution is 7.89. The van der Waals surface area contributed by atoms with Crippen LogP contribution in [0.2, 0.25) is 0 Å². The van der Waals surface area contributed by atoms with E-state index in [9.17, 15) is 21.6 Å². The van der Waals surface area contributed by atoms with Gasteiger partial charge in [-0.05, 0) is 41.8 Å². The van der Waals surface area contributed by atoms with Gasteiger partial charge in [0.2, 0.25) is 15.2 Å². The van der Waals surface area contributed by atoms with Gasteiger partial charge in [0.25, 0.3) is 0 Å². The van der Waals surface area contributed by atoms with E-state index in [1.807, 2.05) is 48.2 Å². The summed E-state index contributed by atoms with van der Waals surface area (Å²) in [6.45, 7) is 0.875. The molecule has 8 nitrogen and oxygen atoms in total. The zero-order chi connectivity index (χ0) is 27.5. The van der Waals surface area contributed by atoms with Gasteiger partial charge in [0, 0.05) is 69.1 Å². The monoisotopic (exact) mass is 568 g/mol. The quantitative estimate of drug-likeness (QED) is 0.391. The van der Waals surface area contributed by atoms with E-state index in [2.05, 4.69) is 28.6 Å². The summed E-state index contributed by atoms with van der Waals surface area (Å²) < 4.78 is 68.0. The van der Waals surface area contributed by atoms with Crippen molar-refractivity contribution in [2.24, 2.45) is 0 Å². The molecule has 1 fully saturated rings. The molecule has 1 unspecified atom stereocenters. The lowest BCUT2D eigenvalue weighted by Gasteiger charge is -2.33. The Morgan fingerprint density at radius 3 is 2.24 bits per heavy atom. The van der Waals surface area contributed by atoms with Crippen molar-refractivity contribution in [1.82, 2.24) is 13.7 Å². The highest BCUT2D eigenvalue weighted by Crippen LogP contribution is 2.31. The minimum absolute atomic E-state index is 0.106. The summed E-state index contributed by atoms with van der Waals surface area (Å²) in [6, 6.07) is 16.0. The van der Waals surface area contributed by atoms with E-state index < -0.39 is 28.4 Å². The first-order valence-electron chi connectivity index (χ1n) is 12.2. The maximum atomic E-state index is 12.5. The number of nitrogens with two attached hydrogens (primary N) is 1. The van der Waals surface area contributed by atoms with Gasteiger partial charge < -0.3 is 15.5 Å². The molecule has 0 radical (unpaired) electrons. The minimum atomic E-state index is -4.51. The molecule has 0 amide bonds. The zero-order valence-electron chi connectivity index (χ0n) is 21.2. The molecular formula is C25H31F3N6O2S2. The van der Waals surface area contributed by atoms with E-state index in [-0.39, 0.29) is 19.0 Å². The molecule has 1 aliphatic rings. The molecule has 2 aromatic carbocycles. The molecule has 1 aliphatic heterocycles. The van der Waals surface area contributed by atoms with Crippen LogP contribution in [0, 0.1) is 0 Å². The molecule has 1 atom stereocenters. The molecule has 1 aromatic heterocycles. The fraction of sp³-hybridized carbons (Fsp3) is 0.440. The second-order valence-electron chi connectivity index (χ2n) is 9.49. The molecular weight excluding hydrogens is 537 g/mol. The van der Waals surface area contributed by atoms with E-state index in [4.69, 9.17) is 10.7 Å². The summed E-state index contributed by atoms with van der Waals surface area (Å²) in [5.74, 6) is -0.389. The average Bonchev–Trinajstić information content (AvgIpc) is 3.37. The van der Waals surface area contributed by atoms with Crippen molar-refractivity contribution in [1.29, 1.82) is 0 Å². The first-order chi connectivity index (χ1) is 17.9. The maximum Gasteiger partial charge on any atom is 0.390 e. The number of rotatable bonds is 9. The molecule has 4 rings (SSSR count). The Labute approximate surface area is 225 Å². The van der Waals surface area contributed by atoms with E-state index in [0.29, 0.717) is 36.2 Å². The molecule has 206 valence electrons. The lowest BCUT2D eigenvalue weighted by atomic mass is 9.91. The number of halogens is 3. The lowest BCUT2D eigenvalue weighted by Crippen LogP contribution is -2.49. The third kappa shape index (κ3) is 7.14. The molecule has 0 bridgehead atoms. The summed E-state index contributed by atoms with van der Waals surface area (Å²) in [4.78, 5) is 8.78. The van der Waals surface area contributed by atoms with Crippen LogP contribution < -0.4 is 15.5 Å². The summed E-state index contributed by atoms with van der Waals surface area (Å²) in [5, 5.41) is 0.663. The Morgan fingerprint density at radius 1 is 1.03 bits per heavy atom. The molecule has 2 N–H and O–H groups in total. The van der Waals surface area contributed by atoms with Crippen LogP contribution in [0.4, 0.5) is 29.7 Å². The fourth-order valence-electron chi connectivity index (χ4n) is 4.28. The number of nitrogens with zero attached hydrogens (tertiary/aromatic N) is 5. The van der Waals surface area contributed by atoms with Gasteiger partial charge in [-0.25, -0.2) is 13.4 Å². The standard InChI is InChI=1S/C25H31F3N6O2S2/c1-32(2)21-9-3-18(4-10-21)17-22(19-5-7-20(29)8-6-19)23-30-24(37-31-23)33-12-14-34(15-13-33)38(35,36)16-11-25(26,27)28/h3-10,22H,11-17,29H2,1-2H3. The first-order valence-corrected chi connectivity index (χ1v) is 14.5. The van der Waals surface area contributed by atoms with Crippen LogP contribution in [0.25, 0.3) is 0 Å². The molecule has 13 heteroatoms. The number of piperazine rings is 1. The smallest absolute Gasteiger partial charge is 0.390 e. The molecule has 0 saturated carbocycles. The molecule has 1 saturated heterocycles. The Bertz CT molecular complexity index is 1300. The van der Waals surface area contributed by atoms with Crippen molar-refractivity contribution >= 4 is 38.1 Å². The maximum absolute atomic E-state index is 12.5. The summed E-state index contributed by atoms with van der Waals surface area (Å²) in [7, 11) is 0.00923. The Balaban J connectivity index is 1.48. The van der Waals surface area contributed by atoms with Gasteiger partial charge in [-0.15, -0.1) is 0 Å². The summed E-state index contributed by atoms with van der Waals surface area (Å²) in [5.41, 5.74) is 9.83. The van der Waals surface area contributed by atoms with Crippen LogP contribution in [0.15, 0.2) is 48.5 Å². The largest absolute Gasteiger partial charge is 0.399 e. The van der Waals surface area contributed by atoms with Crippen molar-refractivity contribution in [3.63, 3.8) is 0 Å². The van der Waals surface area contributed by atoms with Crippen LogP contribution >= 0.6 is 11.5 Å². The first kappa shape index (κ1) is 28.1. The Kier molecular flexibility index (Phi) is 8.48. The zero-order valence-corrected chi connectivity index (χ0v) is 22.9. The van der Waals surface area contributed by atoms with Gasteiger partial charge in [-0.1, -0.05) is 24.3 Å². The predicted octanol–water partition coefficient (Wildman–Crippen LogP) is 3.97. The van der Waals surface area contributed by atoms with Gasteiger partial charge in [-0.3, -0.25) is 0 Å². The number of nitrogen functional groups attached to an aromatic ring is 1. The number of hydrogen-bond donors (Lipinski definition) is 1. The van der Waals surface area contributed by atoms with Crippen molar-refractivity contribution in [2.75, 3.05) is 61.6 Å². The van der Waals surface area contributed by atoms with Crippen LogP contribution in [0.1, 0.15) is 29.3 Å². The number of benzene rings is 2. The van der Waals surface area contributed by atoms with Gasteiger partial charge in [0.05, 0.1) is 12.2 Å². The fourth-order valence-corrected chi connectivity index (χ4v) is 6.52. The molecule has 0 aliphatic carbocycles. The second kappa shape index (κ2) is 11.5. The van der Waals surface area contributed by atoms with Gasteiger partial charge in [-0.2, -0.15) is 21.9 Å². The lowest BCUT2D eigenvalue weighted by molar-refractivity contribution is -0.130. The van der Waals surface area contributed by atoms with Gasteiger partial charge in [0.15, 0.2) is 5.82 Å². The third-order valence-electron chi connectivity index (χ3n) is 6.52. The molecule has 38 heavy (non-hydrogen) atoms. The van der Waals surface area contributed by atoms with Crippen LogP contribution in [0.5, 0.6) is 0 Å². The van der Waals surface area contributed by atoms with E-state index in [1.165, 1.54) is 11.5 Å². The summed E-state index contributed by atoms with van der Waals surface area (Å²) in [6.07, 6.45) is -5.17. The molecule has 3 aromatic rings. The number of sulfonamides is 1. The van der Waals surface area contributed by atoms with Gasteiger partial charge >= 0.3 is 6.18 Å².